The van der Waals surface area contributed by atoms with Crippen LogP contribution in [0, 0.1) is 0 Å². The smallest absolute Gasteiger partial charge is 0.356 e. The molecule has 0 bridgehead atoms. The molecule has 0 aliphatic carbocycles. The summed E-state index contributed by atoms with van der Waals surface area (Å²) in [5.41, 5.74) is -0.144. The molecule has 26 heavy (non-hydrogen) atoms. The monoisotopic (exact) mass is 381 g/mol. The van der Waals surface area contributed by atoms with Crippen LogP contribution in [0.3, 0.4) is 0 Å². The van der Waals surface area contributed by atoms with E-state index in [-0.39, 0.29) is 53.8 Å². The van der Waals surface area contributed by atoms with Gasteiger partial charge in [-0.3, -0.25) is 14.5 Å². The first-order chi connectivity index (χ1) is 12.5. The second kappa shape index (κ2) is 6.25. The van der Waals surface area contributed by atoms with Crippen LogP contribution in [-0.4, -0.2) is 85.5 Å². The second-order valence-corrected chi connectivity index (χ2v) is 6.84. The number of carboxylic acids is 1. The Morgan fingerprint density at radius 1 is 1.50 bits per heavy atom. The third kappa shape index (κ3) is 2.50. The van der Waals surface area contributed by atoms with E-state index in [0.717, 1.165) is 11.8 Å². The van der Waals surface area contributed by atoms with E-state index in [1.165, 1.54) is 16.6 Å². The molecule has 12 nitrogen and oxygen atoms in total. The van der Waals surface area contributed by atoms with Crippen LogP contribution in [-0.2, 0) is 25.7 Å². The molecule has 3 atom stereocenters. The van der Waals surface area contributed by atoms with E-state index in [0.29, 0.717) is 11.7 Å². The fourth-order valence-electron chi connectivity index (χ4n) is 3.28. The van der Waals surface area contributed by atoms with Gasteiger partial charge in [-0.25, -0.2) is 9.48 Å². The summed E-state index contributed by atoms with van der Waals surface area (Å²) in [5, 5.41) is 26.5. The molecule has 2 fully saturated rings. The van der Waals surface area contributed by atoms with Gasteiger partial charge in [0.2, 0.25) is 17.0 Å². The Balaban J connectivity index is 1.54. The van der Waals surface area contributed by atoms with E-state index in [1.807, 2.05) is 0 Å². The predicted octanol–water partition coefficient (Wildman–Crippen LogP) is -2.61. The second-order valence-electron chi connectivity index (χ2n) is 5.90. The topological polar surface area (TPSA) is 152 Å². The van der Waals surface area contributed by atoms with E-state index in [1.54, 1.807) is 0 Å². The number of likely N-dealkylation sites (N-methyl/N-ethyl adjacent to an activating group) is 1. The minimum absolute atomic E-state index is 0.0571. The summed E-state index contributed by atoms with van der Waals surface area (Å²) in [4.78, 5) is 36.6. The van der Waals surface area contributed by atoms with Gasteiger partial charge >= 0.3 is 5.97 Å². The molecule has 3 N–H and O–H groups in total. The first kappa shape index (κ1) is 16.8. The van der Waals surface area contributed by atoms with E-state index in [4.69, 9.17) is 4.74 Å². The normalized spacial score (nSPS) is 26.3. The summed E-state index contributed by atoms with van der Waals surface area (Å²) in [6.45, 7) is 0.422. The van der Waals surface area contributed by atoms with E-state index >= 15 is 0 Å². The average molecular weight is 381 g/mol. The van der Waals surface area contributed by atoms with Gasteiger partial charge in [-0.2, -0.15) is 0 Å². The van der Waals surface area contributed by atoms with Gasteiger partial charge in [0.25, 0.3) is 0 Å². The molecule has 1 aromatic heterocycles. The number of thioether (sulfide) groups is 1. The molecule has 3 aliphatic rings. The highest BCUT2D eigenvalue weighted by Crippen LogP contribution is 2.40. The van der Waals surface area contributed by atoms with Crippen molar-refractivity contribution in [2.75, 3.05) is 19.3 Å². The third-order valence-corrected chi connectivity index (χ3v) is 5.42. The SMILES string of the molecule is CNC(=O)Cn1nnnc1SCC1=C(C(=O)O)N2C(=O)[C@H]3NC[C@@H](O1)[C@H]32. The highest BCUT2D eigenvalue weighted by molar-refractivity contribution is 7.99. The molecule has 13 heteroatoms. The van der Waals surface area contributed by atoms with Crippen molar-refractivity contribution >= 4 is 29.5 Å². The largest absolute Gasteiger partial charge is 0.488 e. The minimum atomic E-state index is -1.22. The molecule has 138 valence electrons. The summed E-state index contributed by atoms with van der Waals surface area (Å²) in [6.07, 6.45) is -0.279. The van der Waals surface area contributed by atoms with Crippen LogP contribution in [0.4, 0.5) is 0 Å². The fraction of sp³-hybridized carbons (Fsp3) is 0.538. The van der Waals surface area contributed by atoms with Crippen molar-refractivity contribution < 1.29 is 24.2 Å². The zero-order valence-corrected chi connectivity index (χ0v) is 14.4. The molecular weight excluding hydrogens is 366 g/mol. The first-order valence-electron chi connectivity index (χ1n) is 7.80. The number of hydrogen-bond donors (Lipinski definition) is 3. The maximum absolute atomic E-state index is 12.2. The minimum Gasteiger partial charge on any atom is -0.488 e. The van der Waals surface area contributed by atoms with Gasteiger partial charge in [0.05, 0.1) is 11.8 Å². The Kier molecular flexibility index (Phi) is 4.03. The Morgan fingerprint density at radius 3 is 3.04 bits per heavy atom. The number of ether oxygens (including phenoxy) is 1. The molecule has 0 spiro atoms. The zero-order chi connectivity index (χ0) is 18.4. The highest BCUT2D eigenvalue weighted by Gasteiger charge is 2.61. The molecular formula is C13H15N7O5S. The van der Waals surface area contributed by atoms with Gasteiger partial charge in [-0.1, -0.05) is 11.8 Å². The summed E-state index contributed by atoms with van der Waals surface area (Å²) >= 11 is 1.13. The number of carbonyl (C=O) groups is 3. The van der Waals surface area contributed by atoms with E-state index in [9.17, 15) is 19.5 Å². The van der Waals surface area contributed by atoms with Crippen LogP contribution in [0.5, 0.6) is 0 Å². The maximum Gasteiger partial charge on any atom is 0.356 e. The number of carbonyl (C=O) groups excluding carboxylic acids is 2. The lowest BCUT2D eigenvalue weighted by Gasteiger charge is -2.48. The van der Waals surface area contributed by atoms with Gasteiger partial charge in [0, 0.05) is 13.6 Å². The summed E-state index contributed by atoms with van der Waals surface area (Å²) < 4.78 is 7.14. The van der Waals surface area contributed by atoms with Gasteiger partial charge in [-0.05, 0) is 10.4 Å². The number of β-lactam (4-membered cyclic amide) rings is 1. The van der Waals surface area contributed by atoms with Gasteiger partial charge < -0.3 is 20.5 Å². The number of rotatable bonds is 6. The zero-order valence-electron chi connectivity index (χ0n) is 13.6. The highest BCUT2D eigenvalue weighted by atomic mass is 32.2. The number of nitrogens with one attached hydrogen (secondary N) is 2. The molecule has 0 radical (unpaired) electrons. The van der Waals surface area contributed by atoms with Crippen LogP contribution in [0.25, 0.3) is 0 Å². The van der Waals surface area contributed by atoms with Crippen molar-refractivity contribution in [3.8, 4) is 0 Å². The Bertz CT molecular complexity index is 824. The molecule has 2 amide bonds. The summed E-state index contributed by atoms with van der Waals surface area (Å²) in [5.74, 6) is -1.44. The standard InChI is InChI=1S/C13H15N7O5S/c1-14-7(21)3-19-13(16-17-18-19)26-4-6-10(12(23)24)20-9-5(25-6)2-15-8(9)11(20)22/h5,8-9,15H,2-4H2,1H3,(H,14,21)(H,23,24)/t5-,8+,9-/m1/s1. The van der Waals surface area contributed by atoms with E-state index < -0.39 is 5.97 Å². The molecule has 0 aromatic carbocycles. The van der Waals surface area contributed by atoms with Crippen LogP contribution in [0.1, 0.15) is 0 Å². The van der Waals surface area contributed by atoms with Crippen LogP contribution >= 0.6 is 11.8 Å². The number of amides is 2. The number of carboxylic acid groups (broad SMARTS) is 1. The van der Waals surface area contributed by atoms with Crippen molar-refractivity contribution in [2.24, 2.45) is 0 Å². The Labute approximate surface area is 150 Å². The number of hydrogen-bond acceptors (Lipinski definition) is 9. The van der Waals surface area contributed by atoms with Crippen molar-refractivity contribution in [1.82, 2.24) is 35.7 Å². The molecule has 3 aliphatic heterocycles. The lowest BCUT2D eigenvalue weighted by molar-refractivity contribution is -0.158. The number of aliphatic carboxylic acids is 1. The quantitative estimate of drug-likeness (QED) is 0.353. The molecule has 4 heterocycles. The summed E-state index contributed by atoms with van der Waals surface area (Å²) in [7, 11) is 1.50. The lowest BCUT2D eigenvalue weighted by Crippen LogP contribution is -2.69. The Morgan fingerprint density at radius 2 is 2.31 bits per heavy atom. The van der Waals surface area contributed by atoms with E-state index in [2.05, 4.69) is 26.2 Å². The third-order valence-electron chi connectivity index (χ3n) is 4.47. The van der Waals surface area contributed by atoms with Crippen molar-refractivity contribution in [3.05, 3.63) is 11.5 Å². The Hall–Kier alpha value is -2.67. The average Bonchev–Trinajstić information content (AvgIpc) is 3.22. The van der Waals surface area contributed by atoms with Gasteiger partial charge in [0.1, 0.15) is 24.4 Å². The fourth-order valence-corrected chi connectivity index (χ4v) is 4.08. The lowest BCUT2D eigenvalue weighted by atomic mass is 9.92. The number of nitrogens with zero attached hydrogens (tertiary/aromatic N) is 5. The number of aromatic nitrogens is 4. The van der Waals surface area contributed by atoms with Crippen LogP contribution < -0.4 is 10.6 Å². The molecule has 0 saturated carbocycles. The van der Waals surface area contributed by atoms with Crippen LogP contribution in [0.2, 0.25) is 0 Å². The maximum atomic E-state index is 12.2. The summed E-state index contributed by atoms with van der Waals surface area (Å²) in [6, 6.07) is -0.649. The molecule has 1 aromatic rings. The first-order valence-corrected chi connectivity index (χ1v) is 8.79. The molecule has 2 saturated heterocycles. The van der Waals surface area contributed by atoms with Crippen molar-refractivity contribution in [3.63, 3.8) is 0 Å². The predicted molar refractivity (Wildman–Crippen MR) is 84.6 cm³/mol. The van der Waals surface area contributed by atoms with Gasteiger partial charge in [-0.15, -0.1) is 5.10 Å². The molecule has 0 unspecified atom stereocenters. The molecule has 4 rings (SSSR count). The number of tetrazole rings is 1. The van der Waals surface area contributed by atoms with Gasteiger partial charge in [0.15, 0.2) is 5.70 Å². The van der Waals surface area contributed by atoms with Crippen molar-refractivity contribution in [2.45, 2.75) is 29.9 Å². The van der Waals surface area contributed by atoms with Crippen molar-refractivity contribution in [1.29, 1.82) is 0 Å². The van der Waals surface area contributed by atoms with Crippen LogP contribution in [0.15, 0.2) is 16.6 Å².